The minimum atomic E-state index is -0.381. The topological polar surface area (TPSA) is 87.2 Å². The maximum atomic E-state index is 13.0. The molecule has 3 fully saturated rings. The van der Waals surface area contributed by atoms with Crippen LogP contribution < -0.4 is 11.3 Å². The summed E-state index contributed by atoms with van der Waals surface area (Å²) in [6.07, 6.45) is 2.01. The summed E-state index contributed by atoms with van der Waals surface area (Å²) in [6.45, 7) is 7.60. The van der Waals surface area contributed by atoms with Crippen molar-refractivity contribution in [1.29, 1.82) is 0 Å². The second kappa shape index (κ2) is 5.64. The second-order valence-electron chi connectivity index (χ2n) is 8.88. The third kappa shape index (κ3) is 2.46. The van der Waals surface area contributed by atoms with E-state index in [1.165, 1.54) is 0 Å². The zero-order valence-corrected chi connectivity index (χ0v) is 16.6. The molecule has 144 valence electrons. The number of nitrogens with zero attached hydrogens (tertiary/aromatic N) is 2. The van der Waals surface area contributed by atoms with Gasteiger partial charge in [-0.3, -0.25) is 14.2 Å². The van der Waals surface area contributed by atoms with Gasteiger partial charge in [0.15, 0.2) is 0 Å². The Morgan fingerprint density at radius 3 is 2.44 bits per heavy atom. The van der Waals surface area contributed by atoms with Gasteiger partial charge in [-0.15, -0.1) is 0 Å². The summed E-state index contributed by atoms with van der Waals surface area (Å²) in [4.78, 5) is 30.3. The molecule has 0 aliphatic heterocycles. The molecule has 1 aromatic heterocycles. The fraction of sp³-hybridized carbons (Fsp3) is 0.571. The zero-order chi connectivity index (χ0) is 19.7. The van der Waals surface area contributed by atoms with Gasteiger partial charge in [0.1, 0.15) is 5.82 Å². The van der Waals surface area contributed by atoms with Crippen molar-refractivity contribution in [1.82, 2.24) is 9.55 Å². The molecule has 2 N–H and O–H groups in total. The van der Waals surface area contributed by atoms with Crippen molar-refractivity contribution in [2.75, 3.05) is 0 Å². The lowest BCUT2D eigenvalue weighted by atomic mass is 9.34. The summed E-state index contributed by atoms with van der Waals surface area (Å²) in [5.41, 5.74) is 8.11. The minimum Gasteiger partial charge on any atom is -0.463 e. The third-order valence-corrected chi connectivity index (χ3v) is 6.13. The van der Waals surface area contributed by atoms with Gasteiger partial charge in [-0.2, -0.15) is 0 Å². The van der Waals surface area contributed by atoms with E-state index in [1.54, 1.807) is 11.6 Å². The van der Waals surface area contributed by atoms with Crippen molar-refractivity contribution in [2.24, 2.45) is 18.2 Å². The highest BCUT2D eigenvalue weighted by atomic mass is 16.5. The van der Waals surface area contributed by atoms with Crippen LogP contribution in [0.2, 0.25) is 0 Å². The molecule has 0 radical (unpaired) electrons. The Morgan fingerprint density at radius 2 is 1.89 bits per heavy atom. The number of rotatable bonds is 4. The predicted molar refractivity (Wildman–Crippen MR) is 104 cm³/mol. The van der Waals surface area contributed by atoms with Gasteiger partial charge in [0, 0.05) is 18.5 Å². The number of hydrogen-bond donors (Lipinski definition) is 1. The molecule has 1 heterocycles. The molecule has 6 nitrogen and oxygen atoms in total. The Kier molecular flexibility index (Phi) is 3.80. The normalized spacial score (nSPS) is 27.2. The Labute approximate surface area is 158 Å². The number of nitrogens with two attached hydrogens (primary N) is 1. The Bertz CT molecular complexity index is 1000. The molecule has 5 rings (SSSR count). The summed E-state index contributed by atoms with van der Waals surface area (Å²) in [7, 11) is 1.78. The second-order valence-corrected chi connectivity index (χ2v) is 8.88. The summed E-state index contributed by atoms with van der Waals surface area (Å²) in [5, 5.41) is 0.606. The first kappa shape index (κ1) is 18.2. The molecular weight excluding hydrogens is 342 g/mol. The van der Waals surface area contributed by atoms with Gasteiger partial charge < -0.3 is 10.5 Å². The lowest BCUT2D eigenvalue weighted by molar-refractivity contribution is -0.206. The average molecular weight is 369 g/mol. The van der Waals surface area contributed by atoms with Crippen molar-refractivity contribution in [3.63, 3.8) is 0 Å². The Balaban J connectivity index is 1.76. The van der Waals surface area contributed by atoms with Crippen molar-refractivity contribution < 1.29 is 9.53 Å². The van der Waals surface area contributed by atoms with Crippen LogP contribution in [0.3, 0.4) is 0 Å². The highest BCUT2D eigenvalue weighted by Gasteiger charge is 2.74. The van der Waals surface area contributed by atoms with E-state index in [1.807, 2.05) is 39.8 Å². The third-order valence-electron chi connectivity index (χ3n) is 6.13. The highest BCUT2D eigenvalue weighted by Crippen LogP contribution is 2.73. The Hall–Kier alpha value is -2.21. The zero-order valence-electron chi connectivity index (χ0n) is 16.6. The fourth-order valence-corrected chi connectivity index (χ4v) is 4.95. The van der Waals surface area contributed by atoms with Crippen LogP contribution >= 0.6 is 0 Å². The number of esters is 1. The molecule has 0 unspecified atom stereocenters. The van der Waals surface area contributed by atoms with Crippen LogP contribution in [0.1, 0.15) is 63.0 Å². The van der Waals surface area contributed by atoms with Gasteiger partial charge in [0.05, 0.1) is 22.4 Å². The van der Waals surface area contributed by atoms with Crippen molar-refractivity contribution in [3.8, 4) is 0 Å². The van der Waals surface area contributed by atoms with Gasteiger partial charge >= 0.3 is 5.97 Å². The first-order chi connectivity index (χ1) is 12.6. The summed E-state index contributed by atoms with van der Waals surface area (Å²) in [6, 6.07) is 3.68. The van der Waals surface area contributed by atoms with E-state index in [4.69, 9.17) is 15.5 Å². The molecule has 3 aliphatic rings. The van der Waals surface area contributed by atoms with Crippen LogP contribution in [0, 0.1) is 12.3 Å². The molecule has 3 aliphatic carbocycles. The van der Waals surface area contributed by atoms with Gasteiger partial charge in [0.2, 0.25) is 0 Å². The van der Waals surface area contributed by atoms with Crippen LogP contribution in [0.4, 0.5) is 0 Å². The standard InChI is InChI=1S/C21H27N3O3/c1-11(2)27-19(26)21-8-20(9-21,10-21)18-23-16-14(13(4)22)6-12(3)7-15(16)17(25)24(18)5/h6-7,11,13H,8-10,22H2,1-5H3/t13-,20?,21?/m1/s1. The largest absolute Gasteiger partial charge is 0.463 e. The van der Waals surface area contributed by atoms with E-state index in [-0.39, 0.29) is 34.5 Å². The van der Waals surface area contributed by atoms with E-state index in [9.17, 15) is 9.59 Å². The summed E-state index contributed by atoms with van der Waals surface area (Å²) in [5.74, 6) is 0.655. The maximum Gasteiger partial charge on any atom is 0.312 e. The molecule has 0 amide bonds. The van der Waals surface area contributed by atoms with Crippen LogP contribution in [-0.4, -0.2) is 21.6 Å². The molecule has 3 saturated carbocycles. The maximum absolute atomic E-state index is 13.0. The fourth-order valence-electron chi connectivity index (χ4n) is 4.95. The number of benzene rings is 1. The van der Waals surface area contributed by atoms with E-state index in [2.05, 4.69) is 0 Å². The van der Waals surface area contributed by atoms with Crippen LogP contribution in [0.5, 0.6) is 0 Å². The monoisotopic (exact) mass is 369 g/mol. The molecule has 2 aromatic rings. The van der Waals surface area contributed by atoms with E-state index in [0.29, 0.717) is 30.2 Å². The van der Waals surface area contributed by atoms with Gasteiger partial charge in [-0.1, -0.05) is 6.07 Å². The van der Waals surface area contributed by atoms with Crippen molar-refractivity contribution in [3.05, 3.63) is 39.4 Å². The quantitative estimate of drug-likeness (QED) is 0.837. The molecule has 27 heavy (non-hydrogen) atoms. The summed E-state index contributed by atoms with van der Waals surface area (Å²) < 4.78 is 7.08. The number of fused-ring (bicyclic) bond motifs is 1. The van der Waals surface area contributed by atoms with Crippen molar-refractivity contribution in [2.45, 2.75) is 64.5 Å². The Morgan fingerprint density at radius 1 is 1.26 bits per heavy atom. The number of aromatic nitrogens is 2. The molecular formula is C21H27N3O3. The van der Waals surface area contributed by atoms with Crippen molar-refractivity contribution >= 4 is 16.9 Å². The number of hydrogen-bond acceptors (Lipinski definition) is 5. The van der Waals surface area contributed by atoms with Gasteiger partial charge in [-0.05, 0) is 64.2 Å². The van der Waals surface area contributed by atoms with E-state index in [0.717, 1.165) is 17.0 Å². The molecule has 1 atom stereocenters. The van der Waals surface area contributed by atoms with Gasteiger partial charge in [-0.25, -0.2) is 4.98 Å². The number of aryl methyl sites for hydroxylation is 1. The first-order valence-corrected chi connectivity index (χ1v) is 9.57. The summed E-state index contributed by atoms with van der Waals surface area (Å²) >= 11 is 0. The predicted octanol–water partition coefficient (Wildman–Crippen LogP) is 2.63. The lowest BCUT2D eigenvalue weighted by Crippen LogP contribution is -2.69. The number of ether oxygens (including phenoxy) is 1. The van der Waals surface area contributed by atoms with Gasteiger partial charge in [0.25, 0.3) is 5.56 Å². The minimum absolute atomic E-state index is 0.0517. The molecule has 0 spiro atoms. The highest BCUT2D eigenvalue weighted by molar-refractivity contribution is 5.84. The average Bonchev–Trinajstić information content (AvgIpc) is 2.48. The van der Waals surface area contributed by atoms with Crippen LogP contribution in [-0.2, 0) is 22.0 Å². The molecule has 0 saturated heterocycles. The lowest BCUT2D eigenvalue weighted by Gasteiger charge is -2.68. The smallest absolute Gasteiger partial charge is 0.312 e. The molecule has 2 bridgehead atoms. The SMILES string of the molecule is Cc1cc([C@@H](C)N)c2nc(C34CC(C(=O)OC(C)C)(C3)C4)n(C)c(=O)c2c1. The molecule has 1 aromatic carbocycles. The van der Waals surface area contributed by atoms with E-state index < -0.39 is 0 Å². The van der Waals surface area contributed by atoms with Crippen LogP contribution in [0.15, 0.2) is 16.9 Å². The first-order valence-electron chi connectivity index (χ1n) is 9.57. The molecule has 6 heteroatoms. The van der Waals surface area contributed by atoms with Crippen LogP contribution in [0.25, 0.3) is 10.9 Å². The number of carbonyl (C=O) groups excluding carboxylic acids is 1. The van der Waals surface area contributed by atoms with E-state index >= 15 is 0 Å². The number of carbonyl (C=O) groups is 1.